The first-order valence-electron chi connectivity index (χ1n) is 8.69. The molecule has 1 unspecified atom stereocenters. The summed E-state index contributed by atoms with van der Waals surface area (Å²) in [5, 5.41) is 6.10. The summed E-state index contributed by atoms with van der Waals surface area (Å²) in [5.41, 5.74) is 0.831. The van der Waals surface area contributed by atoms with Crippen LogP contribution in [-0.2, 0) is 11.3 Å². The van der Waals surface area contributed by atoms with E-state index in [-0.39, 0.29) is 11.9 Å². The maximum atomic E-state index is 12.1. The molecule has 26 heavy (non-hydrogen) atoms. The zero-order valence-electron chi connectivity index (χ0n) is 14.7. The Morgan fingerprint density at radius 3 is 2.85 bits per heavy atom. The first kappa shape index (κ1) is 18.5. The second-order valence-electron chi connectivity index (χ2n) is 5.88. The highest BCUT2D eigenvalue weighted by Crippen LogP contribution is 2.25. The minimum Gasteiger partial charge on any atom is -0.494 e. The fraction of sp³-hybridized carbons (Fsp3) is 0.368. The van der Waals surface area contributed by atoms with Gasteiger partial charge >= 0.3 is 0 Å². The Balaban J connectivity index is 1.60. The molecule has 1 aromatic heterocycles. The molecule has 2 N–H and O–H groups in total. The Kier molecular flexibility index (Phi) is 6.74. The topological polar surface area (TPSA) is 72.5 Å². The van der Waals surface area contributed by atoms with Gasteiger partial charge in [0.15, 0.2) is 0 Å². The largest absolute Gasteiger partial charge is 0.494 e. The fourth-order valence-electron chi connectivity index (χ4n) is 2.46. The molecule has 1 aromatic carbocycles. The molecule has 0 spiro atoms. The van der Waals surface area contributed by atoms with Gasteiger partial charge in [0, 0.05) is 29.9 Å². The van der Waals surface area contributed by atoms with E-state index in [2.05, 4.69) is 22.5 Å². The van der Waals surface area contributed by atoms with Crippen molar-refractivity contribution in [3.05, 3.63) is 48.2 Å². The number of hydrogen-bond acceptors (Lipinski definition) is 6. The van der Waals surface area contributed by atoms with Gasteiger partial charge in [-0.05, 0) is 36.8 Å². The van der Waals surface area contributed by atoms with Crippen molar-refractivity contribution >= 4 is 17.7 Å². The number of aromatic nitrogens is 1. The Bertz CT molecular complexity index is 718. The number of ether oxygens (including phenoxy) is 2. The SMILES string of the molecule is CCCOc1ccc(Oc2ncccc2CNC(=O)C2CSCN2)cc1. The molecule has 0 bridgehead atoms. The summed E-state index contributed by atoms with van der Waals surface area (Å²) < 4.78 is 11.5. The lowest BCUT2D eigenvalue weighted by Crippen LogP contribution is -2.41. The Morgan fingerprint density at radius 1 is 1.31 bits per heavy atom. The molecule has 1 aliphatic rings. The minimum absolute atomic E-state index is 0.00206. The first-order valence-corrected chi connectivity index (χ1v) is 9.85. The summed E-state index contributed by atoms with van der Waals surface area (Å²) in [7, 11) is 0. The summed E-state index contributed by atoms with van der Waals surface area (Å²) in [6.07, 6.45) is 2.64. The van der Waals surface area contributed by atoms with Gasteiger partial charge in [-0.15, -0.1) is 11.8 Å². The summed E-state index contributed by atoms with van der Waals surface area (Å²) >= 11 is 1.72. The molecule has 3 rings (SSSR count). The van der Waals surface area contributed by atoms with Gasteiger partial charge in [0.25, 0.3) is 0 Å². The average molecular weight is 373 g/mol. The number of amides is 1. The third-order valence-corrected chi connectivity index (χ3v) is 4.79. The lowest BCUT2D eigenvalue weighted by Gasteiger charge is -2.13. The van der Waals surface area contributed by atoms with Gasteiger partial charge in [0.05, 0.1) is 12.6 Å². The molecular weight excluding hydrogens is 350 g/mol. The normalized spacial score (nSPS) is 16.3. The smallest absolute Gasteiger partial charge is 0.238 e. The Hall–Kier alpha value is -2.25. The average Bonchev–Trinajstić information content (AvgIpc) is 3.21. The number of hydrogen-bond donors (Lipinski definition) is 2. The number of pyridine rings is 1. The van der Waals surface area contributed by atoms with E-state index in [1.54, 1.807) is 18.0 Å². The summed E-state index contributed by atoms with van der Waals surface area (Å²) in [5.74, 6) is 3.60. The second kappa shape index (κ2) is 9.45. The van der Waals surface area contributed by atoms with Crippen LogP contribution in [0.3, 0.4) is 0 Å². The molecule has 2 heterocycles. The molecule has 1 atom stereocenters. The molecule has 1 amide bonds. The van der Waals surface area contributed by atoms with Crippen molar-refractivity contribution in [1.82, 2.24) is 15.6 Å². The van der Waals surface area contributed by atoms with E-state index in [1.807, 2.05) is 36.4 Å². The Morgan fingerprint density at radius 2 is 2.12 bits per heavy atom. The molecular formula is C19H23N3O3S. The molecule has 1 aliphatic heterocycles. The predicted octanol–water partition coefficient (Wildman–Crippen LogP) is 2.94. The van der Waals surface area contributed by atoms with E-state index >= 15 is 0 Å². The van der Waals surface area contributed by atoms with Crippen LogP contribution in [0, 0.1) is 0 Å². The van der Waals surface area contributed by atoms with E-state index in [1.165, 1.54) is 0 Å². The van der Waals surface area contributed by atoms with E-state index in [4.69, 9.17) is 9.47 Å². The van der Waals surface area contributed by atoms with Gasteiger partial charge in [0.1, 0.15) is 11.5 Å². The van der Waals surface area contributed by atoms with Gasteiger partial charge in [-0.2, -0.15) is 0 Å². The minimum atomic E-state index is -0.128. The lowest BCUT2D eigenvalue weighted by molar-refractivity contribution is -0.122. The number of rotatable bonds is 8. The van der Waals surface area contributed by atoms with Crippen LogP contribution in [0.15, 0.2) is 42.6 Å². The van der Waals surface area contributed by atoms with Crippen molar-refractivity contribution in [2.24, 2.45) is 0 Å². The summed E-state index contributed by atoms with van der Waals surface area (Å²) in [4.78, 5) is 16.4. The molecule has 0 radical (unpaired) electrons. The quantitative estimate of drug-likeness (QED) is 0.741. The highest BCUT2D eigenvalue weighted by molar-refractivity contribution is 7.99. The zero-order valence-corrected chi connectivity index (χ0v) is 15.6. The molecule has 6 nitrogen and oxygen atoms in total. The van der Waals surface area contributed by atoms with Crippen molar-refractivity contribution in [2.45, 2.75) is 25.9 Å². The van der Waals surface area contributed by atoms with Crippen LogP contribution in [0.5, 0.6) is 17.4 Å². The van der Waals surface area contributed by atoms with Crippen LogP contribution < -0.4 is 20.1 Å². The van der Waals surface area contributed by atoms with Crippen LogP contribution in [0.1, 0.15) is 18.9 Å². The van der Waals surface area contributed by atoms with Gasteiger partial charge < -0.3 is 14.8 Å². The second-order valence-corrected chi connectivity index (χ2v) is 6.91. The highest BCUT2D eigenvalue weighted by Gasteiger charge is 2.22. The third kappa shape index (κ3) is 5.12. The molecule has 1 fully saturated rings. The summed E-state index contributed by atoms with van der Waals surface area (Å²) in [6.45, 7) is 3.14. The van der Waals surface area contributed by atoms with Crippen molar-refractivity contribution in [2.75, 3.05) is 18.2 Å². The number of nitrogens with zero attached hydrogens (tertiary/aromatic N) is 1. The fourth-order valence-corrected chi connectivity index (χ4v) is 3.40. The van der Waals surface area contributed by atoms with Gasteiger partial charge in [-0.25, -0.2) is 4.98 Å². The van der Waals surface area contributed by atoms with Crippen LogP contribution >= 0.6 is 11.8 Å². The van der Waals surface area contributed by atoms with E-state index in [0.717, 1.165) is 29.4 Å². The molecule has 0 aliphatic carbocycles. The van der Waals surface area contributed by atoms with Gasteiger partial charge in [0.2, 0.25) is 11.8 Å². The van der Waals surface area contributed by atoms with E-state index in [9.17, 15) is 4.79 Å². The van der Waals surface area contributed by atoms with Crippen LogP contribution in [0.2, 0.25) is 0 Å². The van der Waals surface area contributed by atoms with Crippen molar-refractivity contribution in [1.29, 1.82) is 0 Å². The number of thioether (sulfide) groups is 1. The first-order chi connectivity index (χ1) is 12.8. The molecule has 2 aromatic rings. The number of carbonyl (C=O) groups excluding carboxylic acids is 1. The van der Waals surface area contributed by atoms with Crippen LogP contribution in [0.4, 0.5) is 0 Å². The van der Waals surface area contributed by atoms with E-state index < -0.39 is 0 Å². The monoisotopic (exact) mass is 373 g/mol. The van der Waals surface area contributed by atoms with Crippen LogP contribution in [0.25, 0.3) is 0 Å². The van der Waals surface area contributed by atoms with Gasteiger partial charge in [-0.1, -0.05) is 13.0 Å². The van der Waals surface area contributed by atoms with Crippen molar-refractivity contribution in [3.8, 4) is 17.4 Å². The molecule has 0 saturated carbocycles. The molecule has 1 saturated heterocycles. The summed E-state index contributed by atoms with van der Waals surface area (Å²) in [6, 6.07) is 11.1. The maximum Gasteiger partial charge on any atom is 0.238 e. The zero-order chi connectivity index (χ0) is 18.2. The standard InChI is InChI=1S/C19H23N3O3S/c1-2-10-24-15-5-7-16(8-6-15)25-19-14(4-3-9-20-19)11-21-18(23)17-12-26-13-22-17/h3-9,17,22H,2,10-13H2,1H3,(H,21,23). The van der Waals surface area contributed by atoms with Crippen molar-refractivity contribution < 1.29 is 14.3 Å². The van der Waals surface area contributed by atoms with Crippen LogP contribution in [-0.4, -0.2) is 35.2 Å². The highest BCUT2D eigenvalue weighted by atomic mass is 32.2. The van der Waals surface area contributed by atoms with Gasteiger partial charge in [-0.3, -0.25) is 10.1 Å². The number of carbonyl (C=O) groups is 1. The predicted molar refractivity (Wildman–Crippen MR) is 103 cm³/mol. The lowest BCUT2D eigenvalue weighted by atomic mass is 10.2. The number of benzene rings is 1. The molecule has 7 heteroatoms. The van der Waals surface area contributed by atoms with Crippen molar-refractivity contribution in [3.63, 3.8) is 0 Å². The number of nitrogens with one attached hydrogen (secondary N) is 2. The van der Waals surface area contributed by atoms with E-state index in [0.29, 0.717) is 24.8 Å². The molecule has 138 valence electrons. The Labute approximate surface area is 157 Å². The maximum absolute atomic E-state index is 12.1. The third-order valence-electron chi connectivity index (χ3n) is 3.85.